The third-order valence-corrected chi connectivity index (χ3v) is 7.85. The fourth-order valence-corrected chi connectivity index (χ4v) is 4.97. The van der Waals surface area contributed by atoms with Crippen LogP contribution < -0.4 is 9.47 Å². The summed E-state index contributed by atoms with van der Waals surface area (Å²) in [5, 5.41) is 11.4. The summed E-state index contributed by atoms with van der Waals surface area (Å²) in [6.45, 7) is 8.80. The van der Waals surface area contributed by atoms with Crippen molar-refractivity contribution in [3.63, 3.8) is 0 Å². The molecule has 36 heavy (non-hydrogen) atoms. The molecule has 4 heteroatoms. The fourth-order valence-electron chi connectivity index (χ4n) is 4.97. The van der Waals surface area contributed by atoms with Crippen molar-refractivity contribution in [2.45, 2.75) is 72.0 Å². The fraction of sp³-hybridized carbons (Fsp3) is 0.438. The summed E-state index contributed by atoms with van der Waals surface area (Å²) in [5.41, 5.74) is 3.83. The Kier molecular flexibility index (Phi) is 8.04. The third-order valence-electron chi connectivity index (χ3n) is 7.85. The molecule has 1 aliphatic carbocycles. The van der Waals surface area contributed by atoms with Crippen LogP contribution in [0.2, 0.25) is 0 Å². The highest BCUT2D eigenvalue weighted by atomic mass is 19.1. The number of benzene rings is 3. The number of aliphatic hydroxyl groups is 1. The molecule has 2 unspecified atom stereocenters. The van der Waals surface area contributed by atoms with E-state index in [2.05, 4.69) is 31.2 Å². The van der Waals surface area contributed by atoms with Crippen LogP contribution in [0.4, 0.5) is 4.39 Å². The first kappa shape index (κ1) is 26.2. The topological polar surface area (TPSA) is 38.7 Å². The van der Waals surface area contributed by atoms with Gasteiger partial charge >= 0.3 is 0 Å². The van der Waals surface area contributed by atoms with E-state index in [4.69, 9.17) is 9.47 Å². The lowest BCUT2D eigenvalue weighted by Crippen LogP contribution is -2.21. The summed E-state index contributed by atoms with van der Waals surface area (Å²) in [6, 6.07) is 18.9. The van der Waals surface area contributed by atoms with Gasteiger partial charge in [-0.15, -0.1) is 0 Å². The number of aliphatic hydroxyl groups excluding tert-OH is 1. The van der Waals surface area contributed by atoms with Crippen molar-refractivity contribution < 1.29 is 19.0 Å². The Morgan fingerprint density at radius 1 is 0.972 bits per heavy atom. The molecule has 1 aliphatic rings. The van der Waals surface area contributed by atoms with E-state index in [-0.39, 0.29) is 5.82 Å². The number of methoxy groups -OCH3 is 1. The smallest absolute Gasteiger partial charge is 0.131 e. The van der Waals surface area contributed by atoms with Crippen molar-refractivity contribution in [1.29, 1.82) is 0 Å². The maximum atomic E-state index is 14.9. The van der Waals surface area contributed by atoms with E-state index in [1.54, 1.807) is 19.2 Å². The quantitative estimate of drug-likeness (QED) is 0.293. The molecule has 1 N–H and O–H groups in total. The summed E-state index contributed by atoms with van der Waals surface area (Å²) < 4.78 is 26.4. The highest BCUT2D eigenvalue weighted by Crippen LogP contribution is 2.45. The molecular weight excluding hydrogens is 451 g/mol. The minimum atomic E-state index is -0.793. The number of halogens is 1. The van der Waals surface area contributed by atoms with Crippen LogP contribution in [0.5, 0.6) is 11.5 Å². The molecule has 0 spiro atoms. The molecule has 1 fully saturated rings. The van der Waals surface area contributed by atoms with Gasteiger partial charge in [-0.05, 0) is 95.5 Å². The van der Waals surface area contributed by atoms with Gasteiger partial charge in [0.05, 0.1) is 13.2 Å². The summed E-state index contributed by atoms with van der Waals surface area (Å²) >= 11 is 0. The van der Waals surface area contributed by atoms with Crippen molar-refractivity contribution in [3.05, 3.63) is 83.2 Å². The molecule has 192 valence electrons. The van der Waals surface area contributed by atoms with Gasteiger partial charge in [0.1, 0.15) is 23.9 Å². The first-order valence-electron chi connectivity index (χ1n) is 13.1. The first-order valence-corrected chi connectivity index (χ1v) is 13.1. The van der Waals surface area contributed by atoms with E-state index in [1.807, 2.05) is 39.0 Å². The van der Waals surface area contributed by atoms with Gasteiger partial charge in [-0.1, -0.05) is 58.0 Å². The van der Waals surface area contributed by atoms with Crippen LogP contribution in [0.1, 0.15) is 82.1 Å². The number of rotatable bonds is 11. The number of hydrogen-bond acceptors (Lipinski definition) is 3. The largest absolute Gasteiger partial charge is 0.497 e. The van der Waals surface area contributed by atoms with Gasteiger partial charge in [-0.25, -0.2) is 4.39 Å². The molecule has 3 aromatic rings. The normalized spacial score (nSPS) is 15.4. The van der Waals surface area contributed by atoms with Crippen LogP contribution in [-0.2, 0) is 6.61 Å². The third kappa shape index (κ3) is 5.75. The molecule has 3 aromatic carbocycles. The van der Waals surface area contributed by atoms with Crippen molar-refractivity contribution >= 4 is 0 Å². The van der Waals surface area contributed by atoms with Gasteiger partial charge < -0.3 is 14.6 Å². The maximum Gasteiger partial charge on any atom is 0.131 e. The lowest BCUT2D eigenvalue weighted by atomic mass is 9.78. The summed E-state index contributed by atoms with van der Waals surface area (Å²) in [6.07, 6.45) is 3.80. The second-order valence-electron chi connectivity index (χ2n) is 10.7. The maximum absolute atomic E-state index is 14.9. The lowest BCUT2D eigenvalue weighted by Gasteiger charge is -2.31. The molecule has 0 aliphatic heterocycles. The zero-order valence-corrected chi connectivity index (χ0v) is 22.2. The zero-order chi connectivity index (χ0) is 25.9. The van der Waals surface area contributed by atoms with E-state index in [0.717, 1.165) is 24.3 Å². The van der Waals surface area contributed by atoms with Gasteiger partial charge in [0.15, 0.2) is 0 Å². The zero-order valence-electron chi connectivity index (χ0n) is 22.2. The Bertz CT molecular complexity index is 1180. The molecule has 0 aromatic heterocycles. The average molecular weight is 491 g/mol. The minimum Gasteiger partial charge on any atom is -0.497 e. The molecule has 2 atom stereocenters. The monoisotopic (exact) mass is 490 g/mol. The molecule has 0 saturated heterocycles. The van der Waals surface area contributed by atoms with E-state index in [0.29, 0.717) is 40.7 Å². The van der Waals surface area contributed by atoms with Crippen molar-refractivity contribution in [2.75, 3.05) is 7.11 Å². The molecular formula is C32H39FO3. The van der Waals surface area contributed by atoms with E-state index >= 15 is 0 Å². The predicted molar refractivity (Wildman–Crippen MR) is 144 cm³/mol. The first-order chi connectivity index (χ1) is 17.3. The molecule has 3 nitrogen and oxygen atoms in total. The molecule has 0 radical (unpaired) electrons. The molecule has 0 amide bonds. The Morgan fingerprint density at radius 3 is 2.39 bits per heavy atom. The van der Waals surface area contributed by atoms with E-state index in [1.165, 1.54) is 24.5 Å². The van der Waals surface area contributed by atoms with Crippen LogP contribution in [0.25, 0.3) is 11.1 Å². The van der Waals surface area contributed by atoms with Gasteiger partial charge in [0, 0.05) is 5.56 Å². The second-order valence-corrected chi connectivity index (χ2v) is 10.7. The highest BCUT2D eigenvalue weighted by Gasteiger charge is 2.31. The Balaban J connectivity index is 1.64. The lowest BCUT2D eigenvalue weighted by molar-refractivity contribution is 0.0468. The molecule has 0 heterocycles. The Hall–Kier alpha value is -2.85. The van der Waals surface area contributed by atoms with Gasteiger partial charge in [0.25, 0.3) is 0 Å². The van der Waals surface area contributed by atoms with Crippen molar-refractivity contribution in [2.24, 2.45) is 11.3 Å². The Labute approximate surface area is 215 Å². The van der Waals surface area contributed by atoms with Crippen LogP contribution in [0.3, 0.4) is 0 Å². The second kappa shape index (κ2) is 11.0. The number of hydrogen-bond donors (Lipinski definition) is 1. The van der Waals surface area contributed by atoms with E-state index < -0.39 is 11.5 Å². The predicted octanol–water partition coefficient (Wildman–Crippen LogP) is 8.45. The van der Waals surface area contributed by atoms with Gasteiger partial charge in [0.2, 0.25) is 0 Å². The summed E-state index contributed by atoms with van der Waals surface area (Å²) in [5.74, 6) is 2.31. The van der Waals surface area contributed by atoms with Gasteiger partial charge in [-0.3, -0.25) is 0 Å². The van der Waals surface area contributed by atoms with Gasteiger partial charge in [-0.2, -0.15) is 0 Å². The Morgan fingerprint density at radius 2 is 1.72 bits per heavy atom. The number of ether oxygens (including phenoxy) is 2. The molecule has 4 rings (SSSR count). The molecule has 0 bridgehead atoms. The SMILES string of the molecule is CCC(c1cccc(COc2ccc(-c3cc(OC)ccc3F)c(C(O)C(C)(C)CC)c2)c1)C1CC1. The molecule has 1 saturated carbocycles. The highest BCUT2D eigenvalue weighted by molar-refractivity contribution is 5.71. The summed E-state index contributed by atoms with van der Waals surface area (Å²) in [7, 11) is 1.56. The summed E-state index contributed by atoms with van der Waals surface area (Å²) in [4.78, 5) is 0. The van der Waals surface area contributed by atoms with Crippen molar-refractivity contribution in [3.8, 4) is 22.6 Å². The van der Waals surface area contributed by atoms with Crippen LogP contribution in [0.15, 0.2) is 60.7 Å². The van der Waals surface area contributed by atoms with Crippen LogP contribution in [-0.4, -0.2) is 12.2 Å². The van der Waals surface area contributed by atoms with Crippen LogP contribution in [0, 0.1) is 17.2 Å². The van der Waals surface area contributed by atoms with Crippen LogP contribution >= 0.6 is 0 Å². The standard InChI is InChI=1S/C32H39FO3/c1-6-26(22-11-12-22)23-10-8-9-21(17-23)20-36-25-13-15-27(28-18-24(35-5)14-16-30(28)33)29(19-25)31(34)32(3,4)7-2/h8-10,13-19,22,26,31,34H,6-7,11-12,20H2,1-5H3. The average Bonchev–Trinajstić information content (AvgIpc) is 3.73. The van der Waals surface area contributed by atoms with E-state index in [9.17, 15) is 9.50 Å². The van der Waals surface area contributed by atoms with Crippen molar-refractivity contribution in [1.82, 2.24) is 0 Å². The minimum absolute atomic E-state index is 0.356.